The van der Waals surface area contributed by atoms with E-state index in [1.54, 1.807) is 31.2 Å². The summed E-state index contributed by atoms with van der Waals surface area (Å²) in [6.45, 7) is 1.72. The van der Waals surface area contributed by atoms with E-state index in [1.165, 1.54) is 18.3 Å². The molecule has 26 heavy (non-hydrogen) atoms. The van der Waals surface area contributed by atoms with Crippen LogP contribution in [0.25, 0.3) is 0 Å². The molecule has 1 heterocycles. The molecule has 0 aliphatic carbocycles. The number of rotatable bonds is 7. The van der Waals surface area contributed by atoms with Crippen molar-refractivity contribution in [1.29, 1.82) is 0 Å². The number of aromatic nitrogens is 1. The van der Waals surface area contributed by atoms with Crippen LogP contribution in [-0.4, -0.2) is 38.4 Å². The van der Waals surface area contributed by atoms with Crippen molar-refractivity contribution in [3.8, 4) is 0 Å². The van der Waals surface area contributed by atoms with Crippen LogP contribution in [0.1, 0.15) is 21.6 Å². The molecule has 0 fully saturated rings. The lowest BCUT2D eigenvalue weighted by atomic mass is 10.1. The second kappa shape index (κ2) is 8.54. The third-order valence-corrected chi connectivity index (χ3v) is 4.40. The first-order valence-electron chi connectivity index (χ1n) is 7.74. The molecule has 8 nitrogen and oxygen atoms in total. The Morgan fingerprint density at radius 2 is 1.85 bits per heavy atom. The number of hydrogen-bond acceptors (Lipinski definition) is 6. The van der Waals surface area contributed by atoms with Gasteiger partial charge < -0.3 is 10.1 Å². The fraction of sp³-hybridized carbons (Fsp3) is 0.235. The first kappa shape index (κ1) is 19.5. The second-order valence-electron chi connectivity index (χ2n) is 5.55. The van der Waals surface area contributed by atoms with Crippen molar-refractivity contribution in [3.63, 3.8) is 0 Å². The number of nitrogens with one attached hydrogen (secondary N) is 1. The summed E-state index contributed by atoms with van der Waals surface area (Å²) in [6, 6.07) is 9.31. The molecular formula is C17H19N3O5S. The summed E-state index contributed by atoms with van der Waals surface area (Å²) in [6.07, 6.45) is 1.88. The maximum Gasteiger partial charge on any atom is 0.340 e. The standard InChI is InChI=1S/C17H19N3O5S/c1-12-2-5-14(10-20-12)17(22)25-11-16(21)19-9-8-13-3-6-15(7-4-13)26(18,23)24/h2-7,10H,8-9,11H2,1H3,(H,19,21)(H2,18,23,24). The van der Waals surface area contributed by atoms with Gasteiger partial charge in [0.15, 0.2) is 6.61 Å². The lowest BCUT2D eigenvalue weighted by Gasteiger charge is -2.07. The zero-order chi connectivity index (χ0) is 19.2. The number of nitrogens with two attached hydrogens (primary N) is 1. The van der Waals surface area contributed by atoms with Gasteiger partial charge in [0.05, 0.1) is 10.5 Å². The van der Waals surface area contributed by atoms with Crippen molar-refractivity contribution in [2.75, 3.05) is 13.2 Å². The Bertz CT molecular complexity index is 878. The fourth-order valence-corrected chi connectivity index (χ4v) is 2.56. The minimum absolute atomic E-state index is 0.0304. The largest absolute Gasteiger partial charge is 0.452 e. The highest BCUT2D eigenvalue weighted by molar-refractivity contribution is 7.89. The molecule has 0 saturated carbocycles. The van der Waals surface area contributed by atoms with Crippen molar-refractivity contribution in [2.45, 2.75) is 18.2 Å². The molecule has 1 aromatic carbocycles. The Morgan fingerprint density at radius 1 is 1.15 bits per heavy atom. The second-order valence-corrected chi connectivity index (χ2v) is 7.11. The predicted molar refractivity (Wildman–Crippen MR) is 93.8 cm³/mol. The SMILES string of the molecule is Cc1ccc(C(=O)OCC(=O)NCCc2ccc(S(N)(=O)=O)cc2)cn1. The van der Waals surface area contributed by atoms with E-state index in [1.807, 2.05) is 0 Å². The molecule has 138 valence electrons. The monoisotopic (exact) mass is 377 g/mol. The van der Waals surface area contributed by atoms with Gasteiger partial charge in [-0.2, -0.15) is 0 Å². The van der Waals surface area contributed by atoms with Gasteiger partial charge in [0.1, 0.15) is 0 Å². The van der Waals surface area contributed by atoms with Crippen LogP contribution in [0.5, 0.6) is 0 Å². The molecule has 0 radical (unpaired) electrons. The number of esters is 1. The topological polar surface area (TPSA) is 128 Å². The fourth-order valence-electron chi connectivity index (χ4n) is 2.05. The van der Waals surface area contributed by atoms with E-state index >= 15 is 0 Å². The molecule has 1 amide bonds. The van der Waals surface area contributed by atoms with E-state index < -0.39 is 28.5 Å². The van der Waals surface area contributed by atoms with Crippen LogP contribution in [0, 0.1) is 6.92 Å². The first-order chi connectivity index (χ1) is 12.3. The van der Waals surface area contributed by atoms with Gasteiger partial charge in [-0.3, -0.25) is 9.78 Å². The summed E-state index contributed by atoms with van der Waals surface area (Å²) in [7, 11) is -3.72. The number of carbonyl (C=O) groups is 2. The molecule has 1 aromatic heterocycles. The van der Waals surface area contributed by atoms with Crippen molar-refractivity contribution < 1.29 is 22.7 Å². The van der Waals surface area contributed by atoms with Crippen molar-refractivity contribution >= 4 is 21.9 Å². The molecule has 0 aliphatic heterocycles. The summed E-state index contributed by atoms with van der Waals surface area (Å²) < 4.78 is 27.3. The molecule has 0 saturated heterocycles. The van der Waals surface area contributed by atoms with Gasteiger partial charge >= 0.3 is 5.97 Å². The van der Waals surface area contributed by atoms with Gasteiger partial charge in [-0.1, -0.05) is 12.1 Å². The summed E-state index contributed by atoms with van der Waals surface area (Å²) in [5, 5.41) is 7.64. The Balaban J connectivity index is 1.73. The van der Waals surface area contributed by atoms with E-state index in [4.69, 9.17) is 9.88 Å². The van der Waals surface area contributed by atoms with Crippen LogP contribution in [0.4, 0.5) is 0 Å². The van der Waals surface area contributed by atoms with Crippen molar-refractivity contribution in [2.24, 2.45) is 5.14 Å². The van der Waals surface area contributed by atoms with E-state index in [0.29, 0.717) is 13.0 Å². The average Bonchev–Trinajstić information content (AvgIpc) is 2.60. The van der Waals surface area contributed by atoms with Gasteiger partial charge in [-0.25, -0.2) is 18.4 Å². The quantitative estimate of drug-likeness (QED) is 0.678. The summed E-state index contributed by atoms with van der Waals surface area (Å²) >= 11 is 0. The number of primary sulfonamides is 1. The summed E-state index contributed by atoms with van der Waals surface area (Å²) in [5.41, 5.74) is 1.88. The van der Waals surface area contributed by atoms with Crippen LogP contribution in [0.3, 0.4) is 0 Å². The number of benzene rings is 1. The molecule has 2 aromatic rings. The van der Waals surface area contributed by atoms with E-state index in [2.05, 4.69) is 10.3 Å². The number of pyridine rings is 1. The van der Waals surface area contributed by atoms with Gasteiger partial charge in [-0.05, 0) is 43.2 Å². The molecule has 0 unspecified atom stereocenters. The number of nitrogens with zero attached hydrogens (tertiary/aromatic N) is 1. The Hall–Kier alpha value is -2.78. The smallest absolute Gasteiger partial charge is 0.340 e. The zero-order valence-corrected chi connectivity index (χ0v) is 15.0. The van der Waals surface area contributed by atoms with E-state index in [-0.39, 0.29) is 10.5 Å². The molecule has 3 N–H and O–H groups in total. The lowest BCUT2D eigenvalue weighted by Crippen LogP contribution is -2.30. The maximum absolute atomic E-state index is 11.8. The maximum atomic E-state index is 11.8. The van der Waals surface area contributed by atoms with Crippen LogP contribution in [0.15, 0.2) is 47.5 Å². The molecule has 0 bridgehead atoms. The van der Waals surface area contributed by atoms with Crippen molar-refractivity contribution in [3.05, 3.63) is 59.4 Å². The number of aryl methyl sites for hydroxylation is 1. The van der Waals surface area contributed by atoms with Crippen LogP contribution in [0.2, 0.25) is 0 Å². The molecule has 0 aliphatic rings. The van der Waals surface area contributed by atoms with Crippen LogP contribution >= 0.6 is 0 Å². The van der Waals surface area contributed by atoms with Gasteiger partial charge in [0.25, 0.3) is 5.91 Å². The zero-order valence-electron chi connectivity index (χ0n) is 14.1. The van der Waals surface area contributed by atoms with Crippen LogP contribution < -0.4 is 10.5 Å². The number of hydrogen-bond donors (Lipinski definition) is 2. The predicted octanol–water partition coefficient (Wildman–Crippen LogP) is 0.553. The van der Waals surface area contributed by atoms with Crippen LogP contribution in [-0.2, 0) is 26.0 Å². The van der Waals surface area contributed by atoms with Gasteiger partial charge in [0.2, 0.25) is 10.0 Å². The van der Waals surface area contributed by atoms with Gasteiger partial charge in [0, 0.05) is 18.4 Å². The van der Waals surface area contributed by atoms with Crippen molar-refractivity contribution in [1.82, 2.24) is 10.3 Å². The van der Waals surface area contributed by atoms with E-state index in [9.17, 15) is 18.0 Å². The Labute approximate surface area is 151 Å². The lowest BCUT2D eigenvalue weighted by molar-refractivity contribution is -0.124. The highest BCUT2D eigenvalue weighted by Gasteiger charge is 2.10. The third-order valence-electron chi connectivity index (χ3n) is 3.47. The molecule has 0 spiro atoms. The molecule has 9 heteroatoms. The average molecular weight is 377 g/mol. The minimum Gasteiger partial charge on any atom is -0.452 e. The molecule has 2 rings (SSSR count). The number of ether oxygens (including phenoxy) is 1. The highest BCUT2D eigenvalue weighted by atomic mass is 32.2. The minimum atomic E-state index is -3.72. The normalized spacial score (nSPS) is 11.0. The summed E-state index contributed by atoms with van der Waals surface area (Å²) in [4.78, 5) is 27.5. The third kappa shape index (κ3) is 5.94. The molecule has 0 atom stereocenters. The first-order valence-corrected chi connectivity index (χ1v) is 9.28. The number of sulfonamides is 1. The molecular weight excluding hydrogens is 358 g/mol. The van der Waals surface area contributed by atoms with Gasteiger partial charge in [-0.15, -0.1) is 0 Å². The number of carbonyl (C=O) groups excluding carboxylic acids is 2. The summed E-state index contributed by atoms with van der Waals surface area (Å²) in [5.74, 6) is -1.05. The highest BCUT2D eigenvalue weighted by Crippen LogP contribution is 2.09. The Morgan fingerprint density at radius 3 is 2.42 bits per heavy atom. The number of amides is 1. The van der Waals surface area contributed by atoms with E-state index in [0.717, 1.165) is 11.3 Å². The Kier molecular flexibility index (Phi) is 6.42.